The van der Waals surface area contributed by atoms with Gasteiger partial charge < -0.3 is 4.74 Å². The molecule has 0 aliphatic heterocycles. The zero-order valence-corrected chi connectivity index (χ0v) is 18.8. The van der Waals surface area contributed by atoms with Crippen LogP contribution >= 0.6 is 11.8 Å². The average Bonchev–Trinajstić information content (AvgIpc) is 3.11. The minimum absolute atomic E-state index is 0.207. The van der Waals surface area contributed by atoms with Crippen molar-refractivity contribution in [1.29, 1.82) is 5.26 Å². The summed E-state index contributed by atoms with van der Waals surface area (Å²) in [4.78, 5) is 4.86. The van der Waals surface area contributed by atoms with Crippen molar-refractivity contribution in [2.75, 3.05) is 25.4 Å². The number of hydrogen-bond donors (Lipinski definition) is 0. The second kappa shape index (κ2) is 9.51. The third-order valence-electron chi connectivity index (χ3n) is 4.61. The molecule has 0 saturated carbocycles. The third kappa shape index (κ3) is 4.17. The lowest BCUT2D eigenvalue weighted by atomic mass is 10.2. The van der Waals surface area contributed by atoms with Crippen molar-refractivity contribution < 1.29 is 13.2 Å². The first-order valence-corrected chi connectivity index (χ1v) is 12.1. The number of ether oxygens (including phenoxy) is 1. The smallest absolute Gasteiger partial charge is 0.243 e. The molecule has 2 aromatic carbocycles. The fourth-order valence-corrected chi connectivity index (χ4v) is 5.42. The van der Waals surface area contributed by atoms with Gasteiger partial charge in [-0.25, -0.2) is 13.4 Å². The van der Waals surface area contributed by atoms with E-state index in [1.54, 1.807) is 18.2 Å². The predicted molar refractivity (Wildman–Crippen MR) is 119 cm³/mol. The SMILES string of the molecule is CCOc1ccccc1-n1c(SCC#N)nc2cc(S(=O)(=O)N(CC)CC)ccc21. The van der Waals surface area contributed by atoms with Crippen molar-refractivity contribution in [3.05, 3.63) is 42.5 Å². The van der Waals surface area contributed by atoms with E-state index in [-0.39, 0.29) is 10.6 Å². The highest BCUT2D eigenvalue weighted by molar-refractivity contribution is 7.99. The number of aromatic nitrogens is 2. The summed E-state index contributed by atoms with van der Waals surface area (Å²) in [6.45, 7) is 6.85. The van der Waals surface area contributed by atoms with Gasteiger partial charge in [-0.2, -0.15) is 9.57 Å². The van der Waals surface area contributed by atoms with Gasteiger partial charge in [0.1, 0.15) is 5.75 Å². The fraction of sp³-hybridized carbons (Fsp3) is 0.333. The van der Waals surface area contributed by atoms with Crippen LogP contribution in [0.3, 0.4) is 0 Å². The number of sulfonamides is 1. The summed E-state index contributed by atoms with van der Waals surface area (Å²) in [5.74, 6) is 0.919. The van der Waals surface area contributed by atoms with Crippen molar-refractivity contribution in [3.8, 4) is 17.5 Å². The lowest BCUT2D eigenvalue weighted by Crippen LogP contribution is -2.30. The molecule has 0 bridgehead atoms. The van der Waals surface area contributed by atoms with Gasteiger partial charge in [0.05, 0.1) is 40.0 Å². The molecule has 0 unspecified atom stereocenters. The van der Waals surface area contributed by atoms with E-state index in [0.29, 0.717) is 36.1 Å². The first-order chi connectivity index (χ1) is 14.5. The normalized spacial score (nSPS) is 11.7. The summed E-state index contributed by atoms with van der Waals surface area (Å²) in [6, 6.07) is 14.7. The number of nitriles is 1. The molecule has 1 heterocycles. The standard InChI is InChI=1S/C21H24N4O3S2/c1-4-24(5-2)30(26,27)16-11-12-18-17(15-16)23-21(29-14-13-22)25(18)19-9-7-8-10-20(19)28-6-3/h7-12,15H,4-6,14H2,1-3H3. The Balaban J connectivity index is 2.22. The Bertz CT molecular complexity index is 1180. The van der Waals surface area contributed by atoms with Crippen molar-refractivity contribution in [2.24, 2.45) is 0 Å². The van der Waals surface area contributed by atoms with Gasteiger partial charge in [0.15, 0.2) is 5.16 Å². The summed E-state index contributed by atoms with van der Waals surface area (Å²) < 4.78 is 35.0. The van der Waals surface area contributed by atoms with Gasteiger partial charge in [-0.3, -0.25) is 4.57 Å². The van der Waals surface area contributed by atoms with E-state index in [0.717, 1.165) is 11.2 Å². The molecule has 0 aliphatic carbocycles. The van der Waals surface area contributed by atoms with Crippen LogP contribution < -0.4 is 4.74 Å². The van der Waals surface area contributed by atoms with E-state index < -0.39 is 10.0 Å². The second-order valence-electron chi connectivity index (χ2n) is 6.32. The zero-order chi connectivity index (χ0) is 21.7. The highest BCUT2D eigenvalue weighted by Crippen LogP contribution is 2.33. The van der Waals surface area contributed by atoms with Crippen molar-refractivity contribution >= 4 is 32.8 Å². The molecule has 0 amide bonds. The topological polar surface area (TPSA) is 88.2 Å². The summed E-state index contributed by atoms with van der Waals surface area (Å²) in [6.07, 6.45) is 0. The molecule has 7 nitrogen and oxygen atoms in total. The molecule has 3 rings (SSSR count). The van der Waals surface area contributed by atoms with Gasteiger partial charge in [0, 0.05) is 13.1 Å². The number of benzene rings is 2. The number of imidazole rings is 1. The first-order valence-electron chi connectivity index (χ1n) is 9.72. The lowest BCUT2D eigenvalue weighted by molar-refractivity contribution is 0.339. The van der Waals surface area contributed by atoms with Gasteiger partial charge in [-0.15, -0.1) is 0 Å². The van der Waals surface area contributed by atoms with Crippen molar-refractivity contribution in [1.82, 2.24) is 13.9 Å². The molecule has 0 fully saturated rings. The maximum atomic E-state index is 12.9. The number of rotatable bonds is 9. The van der Waals surface area contributed by atoms with E-state index >= 15 is 0 Å². The van der Waals surface area contributed by atoms with Crippen LogP contribution in [0.4, 0.5) is 0 Å². The Morgan fingerprint density at radius 3 is 2.57 bits per heavy atom. The maximum Gasteiger partial charge on any atom is 0.243 e. The van der Waals surface area contributed by atoms with Crippen LogP contribution in [0.1, 0.15) is 20.8 Å². The van der Waals surface area contributed by atoms with Crippen LogP contribution in [0.2, 0.25) is 0 Å². The van der Waals surface area contributed by atoms with E-state index in [1.807, 2.05) is 49.6 Å². The number of hydrogen-bond acceptors (Lipinski definition) is 6. The highest BCUT2D eigenvalue weighted by atomic mass is 32.2. The Hall–Kier alpha value is -2.54. The van der Waals surface area contributed by atoms with E-state index in [2.05, 4.69) is 11.1 Å². The Morgan fingerprint density at radius 1 is 1.17 bits per heavy atom. The molecule has 3 aromatic rings. The summed E-state index contributed by atoms with van der Waals surface area (Å²) in [5, 5.41) is 9.66. The van der Waals surface area contributed by atoms with Crippen LogP contribution in [0.25, 0.3) is 16.7 Å². The van der Waals surface area contributed by atoms with Crippen LogP contribution in [-0.4, -0.2) is 47.7 Å². The van der Waals surface area contributed by atoms with E-state index in [4.69, 9.17) is 10.00 Å². The molecular formula is C21H24N4O3S2. The minimum atomic E-state index is -3.59. The summed E-state index contributed by atoms with van der Waals surface area (Å²) >= 11 is 1.30. The molecule has 0 N–H and O–H groups in total. The van der Waals surface area contributed by atoms with Gasteiger partial charge in [-0.1, -0.05) is 37.7 Å². The molecule has 9 heteroatoms. The molecular weight excluding hydrogens is 420 g/mol. The quantitative estimate of drug-likeness (QED) is 0.462. The van der Waals surface area contributed by atoms with E-state index in [1.165, 1.54) is 16.1 Å². The van der Waals surface area contributed by atoms with Crippen molar-refractivity contribution in [3.63, 3.8) is 0 Å². The second-order valence-corrected chi connectivity index (χ2v) is 9.20. The predicted octanol–water partition coefficient (Wildman–Crippen LogP) is 4.07. The zero-order valence-electron chi connectivity index (χ0n) is 17.2. The van der Waals surface area contributed by atoms with Crippen LogP contribution in [0.5, 0.6) is 5.75 Å². The van der Waals surface area contributed by atoms with Gasteiger partial charge >= 0.3 is 0 Å². The molecule has 1 aromatic heterocycles. The molecule has 0 aliphatic rings. The molecule has 0 atom stereocenters. The number of nitrogens with zero attached hydrogens (tertiary/aromatic N) is 4. The highest BCUT2D eigenvalue weighted by Gasteiger charge is 2.24. The third-order valence-corrected chi connectivity index (χ3v) is 7.46. The van der Waals surface area contributed by atoms with Gasteiger partial charge in [-0.05, 0) is 37.3 Å². The maximum absolute atomic E-state index is 12.9. The monoisotopic (exact) mass is 444 g/mol. The van der Waals surface area contributed by atoms with Gasteiger partial charge in [0.25, 0.3) is 0 Å². The fourth-order valence-electron chi connectivity index (χ4n) is 3.26. The average molecular weight is 445 g/mol. The Kier molecular flexibility index (Phi) is 7.02. The van der Waals surface area contributed by atoms with Crippen LogP contribution in [0, 0.1) is 11.3 Å². The summed E-state index contributed by atoms with van der Waals surface area (Å²) in [5.41, 5.74) is 2.10. The molecule has 158 valence electrons. The first kappa shape index (κ1) is 22.2. The Morgan fingerprint density at radius 2 is 1.90 bits per heavy atom. The molecule has 30 heavy (non-hydrogen) atoms. The Labute approximate surface area is 181 Å². The lowest BCUT2D eigenvalue weighted by Gasteiger charge is -2.18. The largest absolute Gasteiger partial charge is 0.492 e. The number of fused-ring (bicyclic) bond motifs is 1. The minimum Gasteiger partial charge on any atom is -0.492 e. The number of para-hydroxylation sites is 2. The van der Waals surface area contributed by atoms with Crippen LogP contribution in [-0.2, 0) is 10.0 Å². The van der Waals surface area contributed by atoms with Crippen LogP contribution in [0.15, 0.2) is 52.5 Å². The molecule has 0 saturated heterocycles. The van der Waals surface area contributed by atoms with E-state index in [9.17, 15) is 8.42 Å². The van der Waals surface area contributed by atoms with Gasteiger partial charge in [0.2, 0.25) is 10.0 Å². The summed E-state index contributed by atoms with van der Waals surface area (Å²) in [7, 11) is -3.59. The van der Waals surface area contributed by atoms with Crippen molar-refractivity contribution in [2.45, 2.75) is 30.8 Å². The molecule has 0 spiro atoms. The number of thioether (sulfide) groups is 1. The molecule has 0 radical (unpaired) electrons.